The average Bonchev–Trinajstić information content (AvgIpc) is 3.50. The molecule has 1 aliphatic carbocycles. The molecule has 1 aromatic carbocycles. The average molecular weight is 477 g/mol. The van der Waals surface area contributed by atoms with Crippen molar-refractivity contribution in [3.05, 3.63) is 47.2 Å². The first kappa shape index (κ1) is 24.8. The molecule has 3 rings (SSSR count). The van der Waals surface area contributed by atoms with E-state index in [9.17, 15) is 18.8 Å². The Morgan fingerprint density at radius 3 is 2.58 bits per heavy atom. The molecule has 2 aromatic rings. The van der Waals surface area contributed by atoms with Crippen LogP contribution in [-0.2, 0) is 19.1 Å². The number of nitrogens with one attached hydrogen (secondary N) is 2. The predicted molar refractivity (Wildman–Crippen MR) is 123 cm³/mol. The van der Waals surface area contributed by atoms with Crippen molar-refractivity contribution in [2.45, 2.75) is 50.6 Å². The Balaban J connectivity index is 1.76. The van der Waals surface area contributed by atoms with Crippen LogP contribution >= 0.6 is 11.3 Å². The van der Waals surface area contributed by atoms with Gasteiger partial charge < -0.3 is 20.3 Å². The van der Waals surface area contributed by atoms with Crippen molar-refractivity contribution >= 4 is 34.2 Å². The van der Waals surface area contributed by atoms with Gasteiger partial charge in [-0.3, -0.25) is 14.4 Å². The van der Waals surface area contributed by atoms with Crippen molar-refractivity contribution in [2.24, 2.45) is 0 Å². The van der Waals surface area contributed by atoms with Crippen LogP contribution in [0.2, 0.25) is 0 Å². The normalized spacial score (nSPS) is 14.6. The smallest absolute Gasteiger partial charge is 0.247 e. The number of thiazole rings is 1. The van der Waals surface area contributed by atoms with Crippen LogP contribution in [0.1, 0.15) is 50.1 Å². The zero-order valence-electron chi connectivity index (χ0n) is 18.6. The van der Waals surface area contributed by atoms with Crippen LogP contribution in [0.4, 0.5) is 9.52 Å². The number of halogens is 1. The molecule has 1 heterocycles. The van der Waals surface area contributed by atoms with Gasteiger partial charge in [0.2, 0.25) is 17.7 Å². The minimum absolute atomic E-state index is 0.0533. The molecule has 0 radical (unpaired) electrons. The second-order valence-corrected chi connectivity index (χ2v) is 8.80. The summed E-state index contributed by atoms with van der Waals surface area (Å²) < 4.78 is 18.7. The molecule has 0 saturated heterocycles. The maximum absolute atomic E-state index is 13.6. The van der Waals surface area contributed by atoms with Gasteiger partial charge in [0.25, 0.3) is 0 Å². The van der Waals surface area contributed by atoms with E-state index < -0.39 is 11.9 Å². The monoisotopic (exact) mass is 476 g/mol. The van der Waals surface area contributed by atoms with Gasteiger partial charge in [0.15, 0.2) is 5.13 Å². The van der Waals surface area contributed by atoms with Crippen molar-refractivity contribution in [2.75, 3.05) is 25.6 Å². The molecule has 1 aromatic heterocycles. The van der Waals surface area contributed by atoms with E-state index in [-0.39, 0.29) is 49.8 Å². The standard InChI is InChI=1S/C23H29FN4O4S/c1-32-14-13-28(20(30)11-10-19(29)27-23-25-12-15-33-23)21(16-6-8-17(24)9-7-16)22(31)26-18-4-2-3-5-18/h6-9,12,15,18,21H,2-5,10-11,13-14H2,1H3,(H,26,31)(H,25,27,29)/t21-/m1/s1. The highest BCUT2D eigenvalue weighted by Gasteiger charge is 2.33. The Labute approximate surface area is 196 Å². The van der Waals surface area contributed by atoms with Gasteiger partial charge in [0.1, 0.15) is 11.9 Å². The zero-order chi connectivity index (χ0) is 23.6. The third kappa shape index (κ3) is 7.33. The first-order valence-corrected chi connectivity index (χ1v) is 11.9. The van der Waals surface area contributed by atoms with Crippen molar-refractivity contribution in [3.63, 3.8) is 0 Å². The van der Waals surface area contributed by atoms with Crippen molar-refractivity contribution in [1.82, 2.24) is 15.2 Å². The summed E-state index contributed by atoms with van der Waals surface area (Å²) >= 11 is 1.29. The summed E-state index contributed by atoms with van der Waals surface area (Å²) in [4.78, 5) is 44.2. The van der Waals surface area contributed by atoms with Crippen molar-refractivity contribution in [1.29, 1.82) is 0 Å². The summed E-state index contributed by atoms with van der Waals surface area (Å²) in [5.74, 6) is -1.44. The molecule has 10 heteroatoms. The van der Waals surface area contributed by atoms with E-state index in [0.29, 0.717) is 10.7 Å². The fourth-order valence-corrected chi connectivity index (χ4v) is 4.43. The number of benzene rings is 1. The molecule has 1 saturated carbocycles. The fourth-order valence-electron chi connectivity index (χ4n) is 3.89. The number of hydrogen-bond acceptors (Lipinski definition) is 6. The van der Waals surface area contributed by atoms with E-state index >= 15 is 0 Å². The highest BCUT2D eigenvalue weighted by atomic mass is 32.1. The van der Waals surface area contributed by atoms with Gasteiger partial charge in [0, 0.05) is 44.1 Å². The summed E-state index contributed by atoms with van der Waals surface area (Å²) in [6, 6.07) is 4.67. The highest BCUT2D eigenvalue weighted by Crippen LogP contribution is 2.25. The molecule has 33 heavy (non-hydrogen) atoms. The second-order valence-electron chi connectivity index (χ2n) is 7.91. The van der Waals surface area contributed by atoms with Gasteiger partial charge in [-0.25, -0.2) is 9.37 Å². The number of nitrogens with zero attached hydrogens (tertiary/aromatic N) is 2. The van der Waals surface area contributed by atoms with Crippen LogP contribution < -0.4 is 10.6 Å². The number of carbonyl (C=O) groups excluding carboxylic acids is 3. The number of hydrogen-bond donors (Lipinski definition) is 2. The van der Waals surface area contributed by atoms with Gasteiger partial charge in [-0.1, -0.05) is 25.0 Å². The maximum Gasteiger partial charge on any atom is 0.247 e. The third-order valence-corrected chi connectivity index (χ3v) is 6.24. The Hall–Kier alpha value is -2.85. The number of amides is 3. The van der Waals surface area contributed by atoms with E-state index in [0.717, 1.165) is 25.7 Å². The Morgan fingerprint density at radius 2 is 1.94 bits per heavy atom. The SMILES string of the molecule is COCCN(C(=O)CCC(=O)Nc1nccs1)[C@@H](C(=O)NC1CCCC1)c1ccc(F)cc1. The van der Waals surface area contributed by atoms with Gasteiger partial charge in [0.05, 0.1) is 6.61 Å². The van der Waals surface area contributed by atoms with Crippen LogP contribution in [0.5, 0.6) is 0 Å². The van der Waals surface area contributed by atoms with E-state index in [1.807, 2.05) is 0 Å². The Kier molecular flexibility index (Phi) is 9.32. The number of anilines is 1. The molecule has 0 spiro atoms. The predicted octanol–water partition coefficient (Wildman–Crippen LogP) is 3.28. The molecular formula is C23H29FN4O4S. The lowest BCUT2D eigenvalue weighted by molar-refractivity contribution is -0.142. The summed E-state index contributed by atoms with van der Waals surface area (Å²) in [5, 5.41) is 7.90. The van der Waals surface area contributed by atoms with Crippen molar-refractivity contribution in [3.8, 4) is 0 Å². The number of methoxy groups -OCH3 is 1. The lowest BCUT2D eigenvalue weighted by Gasteiger charge is -2.32. The molecule has 178 valence electrons. The van der Waals surface area contributed by atoms with Gasteiger partial charge in [-0.2, -0.15) is 0 Å². The topological polar surface area (TPSA) is 101 Å². The molecule has 1 atom stereocenters. The number of aromatic nitrogens is 1. The van der Waals surface area contributed by atoms with Crippen LogP contribution in [0.3, 0.4) is 0 Å². The minimum Gasteiger partial charge on any atom is -0.383 e. The van der Waals surface area contributed by atoms with Crippen LogP contribution in [0.25, 0.3) is 0 Å². The summed E-state index contributed by atoms with van der Waals surface area (Å²) in [6.07, 6.45) is 5.32. The quantitative estimate of drug-likeness (QED) is 0.518. The number of rotatable bonds is 11. The third-order valence-electron chi connectivity index (χ3n) is 5.55. The minimum atomic E-state index is -0.948. The lowest BCUT2D eigenvalue weighted by Crippen LogP contribution is -2.47. The van der Waals surface area contributed by atoms with Crippen LogP contribution in [0.15, 0.2) is 35.8 Å². The molecule has 2 N–H and O–H groups in total. The molecule has 0 unspecified atom stereocenters. The largest absolute Gasteiger partial charge is 0.383 e. The van der Waals surface area contributed by atoms with E-state index in [1.54, 1.807) is 11.6 Å². The first-order valence-electron chi connectivity index (χ1n) is 11.0. The lowest BCUT2D eigenvalue weighted by atomic mass is 10.0. The molecule has 8 nitrogen and oxygen atoms in total. The highest BCUT2D eigenvalue weighted by molar-refractivity contribution is 7.13. The molecule has 1 aliphatic rings. The van der Waals surface area contributed by atoms with E-state index in [1.165, 1.54) is 47.6 Å². The Bertz CT molecular complexity index is 917. The molecule has 1 fully saturated rings. The van der Waals surface area contributed by atoms with Crippen LogP contribution in [-0.4, -0.2) is 53.9 Å². The van der Waals surface area contributed by atoms with Crippen molar-refractivity contribution < 1.29 is 23.5 Å². The zero-order valence-corrected chi connectivity index (χ0v) is 19.4. The maximum atomic E-state index is 13.6. The van der Waals surface area contributed by atoms with Gasteiger partial charge in [-0.15, -0.1) is 11.3 Å². The second kappa shape index (κ2) is 12.4. The summed E-state index contributed by atoms with van der Waals surface area (Å²) in [6.45, 7) is 0.370. The molecule has 0 aliphatic heterocycles. The fraction of sp³-hybridized carbons (Fsp3) is 0.478. The molecular weight excluding hydrogens is 447 g/mol. The first-order chi connectivity index (χ1) is 16.0. The number of ether oxygens (including phenoxy) is 1. The Morgan fingerprint density at radius 1 is 1.21 bits per heavy atom. The molecule has 3 amide bonds. The van der Waals surface area contributed by atoms with Gasteiger partial charge in [-0.05, 0) is 30.5 Å². The summed E-state index contributed by atoms with van der Waals surface area (Å²) in [5.41, 5.74) is 0.503. The summed E-state index contributed by atoms with van der Waals surface area (Å²) in [7, 11) is 1.51. The van der Waals surface area contributed by atoms with E-state index in [4.69, 9.17) is 4.74 Å². The van der Waals surface area contributed by atoms with Crippen LogP contribution in [0, 0.1) is 5.82 Å². The van der Waals surface area contributed by atoms with Gasteiger partial charge >= 0.3 is 0 Å². The van der Waals surface area contributed by atoms with E-state index in [2.05, 4.69) is 15.6 Å². The molecule has 0 bridgehead atoms. The number of carbonyl (C=O) groups is 3.